The van der Waals surface area contributed by atoms with E-state index in [-0.39, 0.29) is 18.5 Å². The van der Waals surface area contributed by atoms with Crippen molar-refractivity contribution in [3.63, 3.8) is 0 Å². The van der Waals surface area contributed by atoms with Crippen molar-refractivity contribution in [3.05, 3.63) is 0 Å². The summed E-state index contributed by atoms with van der Waals surface area (Å²) in [6, 6.07) is -0.238. The second-order valence-electron chi connectivity index (χ2n) is 6.31. The SMILES string of the molecule is CN(C)C(=O)NCC(=O)NCC1(CN2CCCC2)CC1. The molecule has 0 atom stereocenters. The molecule has 1 aliphatic carbocycles. The molecule has 1 saturated carbocycles. The minimum Gasteiger partial charge on any atom is -0.354 e. The van der Waals surface area contributed by atoms with Crippen molar-refractivity contribution in [1.29, 1.82) is 0 Å². The first-order chi connectivity index (χ1) is 9.51. The summed E-state index contributed by atoms with van der Waals surface area (Å²) in [6.45, 7) is 4.30. The standard InChI is InChI=1S/C14H26N4O2/c1-17(2)13(20)15-9-12(19)16-10-14(5-6-14)11-18-7-3-4-8-18/h3-11H2,1-2H3,(H,15,20)(H,16,19). The van der Waals surface area contributed by atoms with Crippen LogP contribution < -0.4 is 10.6 Å². The third kappa shape index (κ3) is 4.37. The van der Waals surface area contributed by atoms with Crippen LogP contribution in [0.1, 0.15) is 25.7 Å². The average molecular weight is 282 g/mol. The van der Waals surface area contributed by atoms with Crippen LogP contribution in [-0.2, 0) is 4.79 Å². The summed E-state index contributed by atoms with van der Waals surface area (Å²) in [5.74, 6) is -0.104. The molecule has 6 heteroatoms. The van der Waals surface area contributed by atoms with Crippen LogP contribution in [0.25, 0.3) is 0 Å². The van der Waals surface area contributed by atoms with E-state index in [0.29, 0.717) is 5.41 Å². The van der Waals surface area contributed by atoms with E-state index < -0.39 is 0 Å². The average Bonchev–Trinajstić information content (AvgIpc) is 2.98. The minimum absolute atomic E-state index is 0.0524. The van der Waals surface area contributed by atoms with Gasteiger partial charge in [-0.25, -0.2) is 4.79 Å². The fourth-order valence-electron chi connectivity index (χ4n) is 2.65. The monoisotopic (exact) mass is 282 g/mol. The van der Waals surface area contributed by atoms with E-state index >= 15 is 0 Å². The molecule has 0 aromatic heterocycles. The molecule has 20 heavy (non-hydrogen) atoms. The van der Waals surface area contributed by atoms with E-state index in [9.17, 15) is 9.59 Å². The van der Waals surface area contributed by atoms with Gasteiger partial charge in [0.2, 0.25) is 5.91 Å². The normalized spacial score (nSPS) is 20.5. The quantitative estimate of drug-likeness (QED) is 0.734. The molecule has 0 radical (unpaired) electrons. The lowest BCUT2D eigenvalue weighted by molar-refractivity contribution is -0.120. The molecule has 0 bridgehead atoms. The Kier molecular flexibility index (Phi) is 4.86. The van der Waals surface area contributed by atoms with Crippen molar-refractivity contribution in [2.75, 3.05) is 46.8 Å². The molecule has 3 amide bonds. The fourth-order valence-corrected chi connectivity index (χ4v) is 2.65. The summed E-state index contributed by atoms with van der Waals surface area (Å²) in [5, 5.41) is 5.53. The van der Waals surface area contributed by atoms with Gasteiger partial charge in [-0.15, -0.1) is 0 Å². The zero-order valence-corrected chi connectivity index (χ0v) is 12.6. The molecule has 2 N–H and O–H groups in total. The Balaban J connectivity index is 1.64. The van der Waals surface area contributed by atoms with Crippen LogP contribution in [0.15, 0.2) is 0 Å². The van der Waals surface area contributed by atoms with Crippen molar-refractivity contribution in [1.82, 2.24) is 20.4 Å². The topological polar surface area (TPSA) is 64.7 Å². The number of urea groups is 1. The minimum atomic E-state index is -0.238. The number of carbonyl (C=O) groups excluding carboxylic acids is 2. The number of amides is 3. The Bertz CT molecular complexity index is 360. The van der Waals surface area contributed by atoms with Gasteiger partial charge in [0.1, 0.15) is 0 Å². The maximum absolute atomic E-state index is 11.7. The van der Waals surface area contributed by atoms with Crippen molar-refractivity contribution < 1.29 is 9.59 Å². The first-order valence-corrected chi connectivity index (χ1v) is 7.45. The molecule has 1 saturated heterocycles. The third-order valence-electron chi connectivity index (χ3n) is 4.18. The highest BCUT2D eigenvalue weighted by Gasteiger charge is 2.44. The van der Waals surface area contributed by atoms with Crippen molar-refractivity contribution in [3.8, 4) is 0 Å². The van der Waals surface area contributed by atoms with Crippen LogP contribution >= 0.6 is 0 Å². The maximum Gasteiger partial charge on any atom is 0.317 e. The lowest BCUT2D eigenvalue weighted by Crippen LogP contribution is -2.44. The van der Waals surface area contributed by atoms with Crippen LogP contribution in [0.4, 0.5) is 4.79 Å². The molecule has 6 nitrogen and oxygen atoms in total. The molecule has 0 aromatic rings. The highest BCUT2D eigenvalue weighted by Crippen LogP contribution is 2.46. The highest BCUT2D eigenvalue weighted by molar-refractivity contribution is 5.83. The van der Waals surface area contributed by atoms with Crippen molar-refractivity contribution in [2.24, 2.45) is 5.41 Å². The molecule has 1 aliphatic heterocycles. The number of hydrogen-bond acceptors (Lipinski definition) is 3. The molecule has 0 unspecified atom stereocenters. The Hall–Kier alpha value is -1.30. The van der Waals surface area contributed by atoms with E-state index in [1.54, 1.807) is 14.1 Å². The number of hydrogen-bond donors (Lipinski definition) is 2. The summed E-state index contributed by atoms with van der Waals surface area (Å²) in [5.41, 5.74) is 0.297. The van der Waals surface area contributed by atoms with Gasteiger partial charge >= 0.3 is 6.03 Å². The fraction of sp³-hybridized carbons (Fsp3) is 0.857. The maximum atomic E-state index is 11.7. The van der Waals surface area contributed by atoms with Gasteiger partial charge < -0.3 is 20.4 Å². The predicted molar refractivity (Wildman–Crippen MR) is 77.4 cm³/mol. The summed E-state index contributed by atoms with van der Waals surface area (Å²) >= 11 is 0. The third-order valence-corrected chi connectivity index (χ3v) is 4.18. The Morgan fingerprint density at radius 3 is 2.35 bits per heavy atom. The van der Waals surface area contributed by atoms with E-state index in [1.165, 1.54) is 43.7 Å². The molecule has 2 fully saturated rings. The van der Waals surface area contributed by atoms with Gasteiger partial charge in [-0.1, -0.05) is 0 Å². The second kappa shape index (κ2) is 6.43. The van der Waals surface area contributed by atoms with E-state index in [4.69, 9.17) is 0 Å². The van der Waals surface area contributed by atoms with Gasteiger partial charge in [-0.05, 0) is 38.8 Å². The van der Waals surface area contributed by atoms with Gasteiger partial charge in [0.25, 0.3) is 0 Å². The lowest BCUT2D eigenvalue weighted by atomic mass is 10.1. The van der Waals surface area contributed by atoms with Gasteiger partial charge in [-0.2, -0.15) is 0 Å². The zero-order chi connectivity index (χ0) is 14.6. The van der Waals surface area contributed by atoms with E-state index in [0.717, 1.165) is 13.1 Å². The number of rotatable bonds is 6. The first kappa shape index (κ1) is 15.1. The van der Waals surface area contributed by atoms with Crippen LogP contribution in [-0.4, -0.2) is 68.6 Å². The van der Waals surface area contributed by atoms with Crippen LogP contribution in [0.5, 0.6) is 0 Å². The highest BCUT2D eigenvalue weighted by atomic mass is 16.2. The number of nitrogens with zero attached hydrogens (tertiary/aromatic N) is 2. The Labute approximate surface area is 120 Å². The summed E-state index contributed by atoms with van der Waals surface area (Å²) in [7, 11) is 3.31. The molecule has 114 valence electrons. The molecule has 0 spiro atoms. The molecular formula is C14H26N4O2. The largest absolute Gasteiger partial charge is 0.354 e. The smallest absolute Gasteiger partial charge is 0.317 e. The van der Waals surface area contributed by atoms with Crippen molar-refractivity contribution >= 4 is 11.9 Å². The zero-order valence-electron chi connectivity index (χ0n) is 12.6. The van der Waals surface area contributed by atoms with Gasteiger partial charge in [0, 0.05) is 32.6 Å². The van der Waals surface area contributed by atoms with Crippen LogP contribution in [0, 0.1) is 5.41 Å². The van der Waals surface area contributed by atoms with Gasteiger partial charge in [0.05, 0.1) is 6.54 Å². The predicted octanol–water partition coefficient (Wildman–Crippen LogP) is 0.250. The summed E-state index contributed by atoms with van der Waals surface area (Å²) in [6.07, 6.45) is 5.01. The molecule has 2 aliphatic rings. The summed E-state index contributed by atoms with van der Waals surface area (Å²) in [4.78, 5) is 27.0. The van der Waals surface area contributed by atoms with Gasteiger partial charge in [0.15, 0.2) is 0 Å². The number of carbonyl (C=O) groups is 2. The van der Waals surface area contributed by atoms with E-state index in [1.807, 2.05) is 0 Å². The number of nitrogens with one attached hydrogen (secondary N) is 2. The molecule has 1 heterocycles. The van der Waals surface area contributed by atoms with Crippen LogP contribution in [0.2, 0.25) is 0 Å². The lowest BCUT2D eigenvalue weighted by Gasteiger charge is -2.23. The number of likely N-dealkylation sites (tertiary alicyclic amines) is 1. The Morgan fingerprint density at radius 2 is 1.80 bits per heavy atom. The first-order valence-electron chi connectivity index (χ1n) is 7.45. The van der Waals surface area contributed by atoms with E-state index in [2.05, 4.69) is 15.5 Å². The Morgan fingerprint density at radius 1 is 1.15 bits per heavy atom. The summed E-state index contributed by atoms with van der Waals surface area (Å²) < 4.78 is 0. The van der Waals surface area contributed by atoms with Gasteiger partial charge in [-0.3, -0.25) is 4.79 Å². The van der Waals surface area contributed by atoms with Crippen LogP contribution in [0.3, 0.4) is 0 Å². The molecule has 0 aromatic carbocycles. The molecular weight excluding hydrogens is 256 g/mol. The van der Waals surface area contributed by atoms with Crippen molar-refractivity contribution in [2.45, 2.75) is 25.7 Å². The molecule has 2 rings (SSSR count). The second-order valence-corrected chi connectivity index (χ2v) is 6.31.